The standard InChI is InChI=1S/C23H31N3O2.HI/c1-2-24-23(26-20-11-13-21(27)14-12-20)25-16-19-9-6-10-22(15-19)28-17-18-7-4-3-5-8-18;/h3-10,15,20-21,27H,2,11-14,16-17H2,1H3,(H2,24,25,26);1H. The largest absolute Gasteiger partial charge is 0.489 e. The summed E-state index contributed by atoms with van der Waals surface area (Å²) in [5.74, 6) is 1.69. The summed E-state index contributed by atoms with van der Waals surface area (Å²) in [5, 5.41) is 16.5. The molecule has 1 fully saturated rings. The van der Waals surface area contributed by atoms with Gasteiger partial charge in [-0.2, -0.15) is 0 Å². The van der Waals surface area contributed by atoms with Crippen molar-refractivity contribution in [3.63, 3.8) is 0 Å². The van der Waals surface area contributed by atoms with Gasteiger partial charge in [-0.05, 0) is 55.9 Å². The zero-order valence-electron chi connectivity index (χ0n) is 17.0. The van der Waals surface area contributed by atoms with Crippen LogP contribution in [-0.2, 0) is 13.2 Å². The number of aliphatic imine (C=N–C) groups is 1. The van der Waals surface area contributed by atoms with Crippen molar-refractivity contribution in [2.45, 2.75) is 57.9 Å². The van der Waals surface area contributed by atoms with Gasteiger partial charge in [0.2, 0.25) is 0 Å². The molecule has 5 nitrogen and oxygen atoms in total. The number of hydrogen-bond acceptors (Lipinski definition) is 3. The molecule has 0 aliphatic heterocycles. The van der Waals surface area contributed by atoms with Crippen LogP contribution in [0.3, 0.4) is 0 Å². The number of aliphatic hydroxyl groups is 1. The number of aliphatic hydroxyl groups excluding tert-OH is 1. The summed E-state index contributed by atoms with van der Waals surface area (Å²) in [6.45, 7) is 4.04. The number of halogens is 1. The Morgan fingerprint density at radius 3 is 2.48 bits per heavy atom. The van der Waals surface area contributed by atoms with Gasteiger partial charge in [-0.25, -0.2) is 4.99 Å². The van der Waals surface area contributed by atoms with E-state index in [-0.39, 0.29) is 30.1 Å². The summed E-state index contributed by atoms with van der Waals surface area (Å²) in [6, 6.07) is 18.7. The van der Waals surface area contributed by atoms with Crippen molar-refractivity contribution in [2.75, 3.05) is 6.54 Å². The fourth-order valence-corrected chi connectivity index (χ4v) is 3.38. The third-order valence-corrected chi connectivity index (χ3v) is 4.95. The topological polar surface area (TPSA) is 65.9 Å². The van der Waals surface area contributed by atoms with Crippen LogP contribution in [0.2, 0.25) is 0 Å². The summed E-state index contributed by atoms with van der Waals surface area (Å²) in [6.07, 6.45) is 3.54. The summed E-state index contributed by atoms with van der Waals surface area (Å²) in [4.78, 5) is 4.73. The molecule has 0 heterocycles. The molecule has 1 saturated carbocycles. The molecule has 0 atom stereocenters. The third kappa shape index (κ3) is 8.22. The lowest BCUT2D eigenvalue weighted by atomic mass is 9.93. The van der Waals surface area contributed by atoms with Gasteiger partial charge in [-0.15, -0.1) is 24.0 Å². The van der Waals surface area contributed by atoms with Crippen LogP contribution in [0.4, 0.5) is 0 Å². The monoisotopic (exact) mass is 509 g/mol. The number of hydrogen-bond donors (Lipinski definition) is 3. The third-order valence-electron chi connectivity index (χ3n) is 4.95. The molecule has 0 saturated heterocycles. The van der Waals surface area contributed by atoms with Crippen molar-refractivity contribution in [1.29, 1.82) is 0 Å². The first-order valence-electron chi connectivity index (χ1n) is 10.2. The lowest BCUT2D eigenvalue weighted by Crippen LogP contribution is -2.45. The van der Waals surface area contributed by atoms with Crippen molar-refractivity contribution in [1.82, 2.24) is 10.6 Å². The minimum absolute atomic E-state index is 0. The Balaban J connectivity index is 0.00000300. The summed E-state index contributed by atoms with van der Waals surface area (Å²) >= 11 is 0. The van der Waals surface area contributed by atoms with Gasteiger partial charge in [0, 0.05) is 12.6 Å². The van der Waals surface area contributed by atoms with E-state index in [9.17, 15) is 5.11 Å². The van der Waals surface area contributed by atoms with E-state index in [1.165, 1.54) is 0 Å². The Morgan fingerprint density at radius 1 is 1.03 bits per heavy atom. The maximum atomic E-state index is 9.67. The first kappa shape index (κ1) is 23.5. The van der Waals surface area contributed by atoms with Crippen LogP contribution in [0.15, 0.2) is 59.6 Å². The maximum absolute atomic E-state index is 9.67. The number of ether oxygens (including phenoxy) is 1. The van der Waals surface area contributed by atoms with Gasteiger partial charge in [0.25, 0.3) is 0 Å². The second-order valence-electron chi connectivity index (χ2n) is 7.27. The van der Waals surface area contributed by atoms with E-state index < -0.39 is 0 Å². The van der Waals surface area contributed by atoms with E-state index in [4.69, 9.17) is 9.73 Å². The van der Waals surface area contributed by atoms with E-state index in [0.717, 1.165) is 55.1 Å². The van der Waals surface area contributed by atoms with Crippen LogP contribution in [0.1, 0.15) is 43.7 Å². The Hall–Kier alpha value is -1.80. The normalized spacial score (nSPS) is 19.2. The zero-order chi connectivity index (χ0) is 19.6. The van der Waals surface area contributed by atoms with E-state index >= 15 is 0 Å². The number of benzene rings is 2. The summed E-state index contributed by atoms with van der Waals surface area (Å²) in [7, 11) is 0. The minimum atomic E-state index is -0.142. The van der Waals surface area contributed by atoms with Gasteiger partial charge in [0.05, 0.1) is 12.6 Å². The zero-order valence-corrected chi connectivity index (χ0v) is 19.3. The first-order valence-corrected chi connectivity index (χ1v) is 10.2. The van der Waals surface area contributed by atoms with Gasteiger partial charge < -0.3 is 20.5 Å². The Labute approximate surface area is 191 Å². The first-order chi connectivity index (χ1) is 13.7. The predicted octanol–water partition coefficient (Wildman–Crippen LogP) is 4.24. The maximum Gasteiger partial charge on any atom is 0.191 e. The van der Waals surface area contributed by atoms with Crippen LogP contribution in [0.25, 0.3) is 0 Å². The average molecular weight is 509 g/mol. The van der Waals surface area contributed by atoms with E-state index in [0.29, 0.717) is 19.2 Å². The molecule has 0 unspecified atom stereocenters. The molecule has 29 heavy (non-hydrogen) atoms. The van der Waals surface area contributed by atoms with Crippen molar-refractivity contribution < 1.29 is 9.84 Å². The molecule has 158 valence electrons. The highest BCUT2D eigenvalue weighted by atomic mass is 127. The molecule has 0 aromatic heterocycles. The molecule has 6 heteroatoms. The van der Waals surface area contributed by atoms with Crippen molar-refractivity contribution in [2.24, 2.45) is 4.99 Å². The lowest BCUT2D eigenvalue weighted by Gasteiger charge is -2.27. The van der Waals surface area contributed by atoms with E-state index in [1.54, 1.807) is 0 Å². The van der Waals surface area contributed by atoms with Crippen molar-refractivity contribution in [3.8, 4) is 5.75 Å². The van der Waals surface area contributed by atoms with Crippen LogP contribution in [0, 0.1) is 0 Å². The van der Waals surface area contributed by atoms with Crippen LogP contribution < -0.4 is 15.4 Å². The number of nitrogens with one attached hydrogen (secondary N) is 2. The highest BCUT2D eigenvalue weighted by Gasteiger charge is 2.19. The highest BCUT2D eigenvalue weighted by molar-refractivity contribution is 14.0. The Morgan fingerprint density at radius 2 is 1.76 bits per heavy atom. The fourth-order valence-electron chi connectivity index (χ4n) is 3.38. The molecule has 1 aliphatic carbocycles. The van der Waals surface area contributed by atoms with Gasteiger partial charge in [-0.1, -0.05) is 42.5 Å². The van der Waals surface area contributed by atoms with Crippen molar-refractivity contribution >= 4 is 29.9 Å². The van der Waals surface area contributed by atoms with Gasteiger partial charge >= 0.3 is 0 Å². The van der Waals surface area contributed by atoms with Gasteiger partial charge in [0.1, 0.15) is 12.4 Å². The quantitative estimate of drug-likeness (QED) is 0.297. The predicted molar refractivity (Wildman–Crippen MR) is 129 cm³/mol. The number of nitrogens with zero attached hydrogens (tertiary/aromatic N) is 1. The second-order valence-corrected chi connectivity index (χ2v) is 7.27. The molecule has 3 rings (SSSR count). The van der Waals surface area contributed by atoms with E-state index in [2.05, 4.69) is 35.8 Å². The summed E-state index contributed by atoms with van der Waals surface area (Å²) < 4.78 is 5.92. The molecule has 0 radical (unpaired) electrons. The number of rotatable bonds is 7. The van der Waals surface area contributed by atoms with Crippen LogP contribution >= 0.6 is 24.0 Å². The Kier molecular flexibility index (Phi) is 10.3. The Bertz CT molecular complexity index is 747. The van der Waals surface area contributed by atoms with Crippen molar-refractivity contribution in [3.05, 3.63) is 65.7 Å². The molecule has 2 aromatic carbocycles. The SMILES string of the molecule is CCNC(=NCc1cccc(OCc2ccccc2)c1)NC1CCC(O)CC1.I. The lowest BCUT2D eigenvalue weighted by molar-refractivity contribution is 0.120. The van der Waals surface area contributed by atoms with E-state index in [1.807, 2.05) is 36.4 Å². The average Bonchev–Trinajstić information content (AvgIpc) is 2.73. The summed E-state index contributed by atoms with van der Waals surface area (Å²) in [5.41, 5.74) is 2.27. The molecular weight excluding hydrogens is 477 g/mol. The minimum Gasteiger partial charge on any atom is -0.489 e. The smallest absolute Gasteiger partial charge is 0.191 e. The molecule has 0 bridgehead atoms. The van der Waals surface area contributed by atoms with Crippen LogP contribution in [0.5, 0.6) is 5.75 Å². The molecule has 3 N–H and O–H groups in total. The number of guanidine groups is 1. The molecule has 0 spiro atoms. The second kappa shape index (κ2) is 12.7. The molecule has 2 aromatic rings. The van der Waals surface area contributed by atoms with Gasteiger partial charge in [-0.3, -0.25) is 0 Å². The van der Waals surface area contributed by atoms with Gasteiger partial charge in [0.15, 0.2) is 5.96 Å². The molecular formula is C23H32IN3O2. The molecule has 1 aliphatic rings. The van der Waals surface area contributed by atoms with Crippen LogP contribution in [-0.4, -0.2) is 29.8 Å². The highest BCUT2D eigenvalue weighted by Crippen LogP contribution is 2.19. The fraction of sp³-hybridized carbons (Fsp3) is 0.435. The molecule has 0 amide bonds.